The van der Waals surface area contributed by atoms with E-state index in [0.29, 0.717) is 22.1 Å². The molecule has 2 aromatic rings. The van der Waals surface area contributed by atoms with Crippen molar-refractivity contribution in [1.82, 2.24) is 0 Å². The van der Waals surface area contributed by atoms with Crippen molar-refractivity contribution < 1.29 is 19.4 Å². The molecule has 0 saturated heterocycles. The molecular weight excluding hydrogens is 360 g/mol. The SMILES string of the molecule is COC=C(C(=O)O)c1cccc(C)c1SCc1ccc(Cl)c(OC)c1. The van der Waals surface area contributed by atoms with Crippen LogP contribution >= 0.6 is 23.4 Å². The first-order chi connectivity index (χ1) is 12.0. The van der Waals surface area contributed by atoms with Crippen molar-refractivity contribution in [2.45, 2.75) is 17.6 Å². The lowest BCUT2D eigenvalue weighted by Crippen LogP contribution is -2.03. The molecule has 2 rings (SSSR count). The highest BCUT2D eigenvalue weighted by atomic mass is 35.5. The highest BCUT2D eigenvalue weighted by Gasteiger charge is 2.17. The topological polar surface area (TPSA) is 55.8 Å². The Kier molecular flexibility index (Phi) is 6.79. The van der Waals surface area contributed by atoms with Gasteiger partial charge in [0.25, 0.3) is 0 Å². The summed E-state index contributed by atoms with van der Waals surface area (Å²) in [7, 11) is 3.01. The van der Waals surface area contributed by atoms with Crippen molar-refractivity contribution in [2.75, 3.05) is 14.2 Å². The van der Waals surface area contributed by atoms with E-state index in [1.54, 1.807) is 31.0 Å². The van der Waals surface area contributed by atoms with Crippen molar-refractivity contribution in [2.24, 2.45) is 0 Å². The van der Waals surface area contributed by atoms with E-state index in [-0.39, 0.29) is 5.57 Å². The predicted molar refractivity (Wildman–Crippen MR) is 101 cm³/mol. The molecule has 0 radical (unpaired) electrons. The average Bonchev–Trinajstić information content (AvgIpc) is 2.59. The first-order valence-electron chi connectivity index (χ1n) is 7.49. The molecule has 132 valence electrons. The quantitative estimate of drug-likeness (QED) is 0.416. The van der Waals surface area contributed by atoms with Crippen LogP contribution in [0.25, 0.3) is 5.57 Å². The highest BCUT2D eigenvalue weighted by molar-refractivity contribution is 7.98. The van der Waals surface area contributed by atoms with Gasteiger partial charge in [-0.1, -0.05) is 35.9 Å². The van der Waals surface area contributed by atoms with E-state index >= 15 is 0 Å². The van der Waals surface area contributed by atoms with Gasteiger partial charge < -0.3 is 14.6 Å². The molecule has 0 heterocycles. The standard InChI is InChI=1S/C19H19ClO4S/c1-12-5-4-6-14(15(10-23-2)19(21)22)18(12)25-11-13-7-8-16(20)17(9-13)24-3/h4-10H,11H2,1-3H3,(H,21,22). The Morgan fingerprint density at radius 2 is 2.04 bits per heavy atom. The molecule has 0 unspecified atom stereocenters. The van der Waals surface area contributed by atoms with E-state index in [1.807, 2.05) is 31.2 Å². The van der Waals surface area contributed by atoms with E-state index < -0.39 is 5.97 Å². The van der Waals surface area contributed by atoms with Gasteiger partial charge in [-0.2, -0.15) is 0 Å². The number of halogens is 1. The van der Waals surface area contributed by atoms with Gasteiger partial charge in [0.1, 0.15) is 11.3 Å². The monoisotopic (exact) mass is 378 g/mol. The van der Waals surface area contributed by atoms with Crippen molar-refractivity contribution in [3.05, 3.63) is 64.4 Å². The number of methoxy groups -OCH3 is 2. The number of hydrogen-bond donors (Lipinski definition) is 1. The smallest absolute Gasteiger partial charge is 0.339 e. The Morgan fingerprint density at radius 1 is 1.28 bits per heavy atom. The third-order valence-corrected chi connectivity index (χ3v) is 5.19. The normalized spacial score (nSPS) is 11.3. The van der Waals surface area contributed by atoms with Gasteiger partial charge in [0.05, 0.1) is 25.5 Å². The maximum Gasteiger partial charge on any atom is 0.339 e. The molecule has 0 aliphatic carbocycles. The number of benzene rings is 2. The van der Waals surface area contributed by atoms with Gasteiger partial charge in [-0.25, -0.2) is 4.79 Å². The summed E-state index contributed by atoms with van der Waals surface area (Å²) in [6.45, 7) is 1.96. The number of hydrogen-bond acceptors (Lipinski definition) is 4. The van der Waals surface area contributed by atoms with Gasteiger partial charge in [-0.05, 0) is 30.2 Å². The van der Waals surface area contributed by atoms with Crippen LogP contribution in [-0.2, 0) is 15.3 Å². The first-order valence-corrected chi connectivity index (χ1v) is 8.85. The fraction of sp³-hybridized carbons (Fsp3) is 0.211. The maximum absolute atomic E-state index is 11.6. The number of aryl methyl sites for hydroxylation is 1. The van der Waals surface area contributed by atoms with Crippen molar-refractivity contribution in [3.63, 3.8) is 0 Å². The molecule has 0 spiro atoms. The summed E-state index contributed by atoms with van der Waals surface area (Å²) >= 11 is 7.62. The van der Waals surface area contributed by atoms with E-state index in [0.717, 1.165) is 16.0 Å². The number of rotatable bonds is 7. The summed E-state index contributed by atoms with van der Waals surface area (Å²) in [5.41, 5.74) is 2.81. The van der Waals surface area contributed by atoms with Crippen LogP contribution in [0.1, 0.15) is 16.7 Å². The summed E-state index contributed by atoms with van der Waals surface area (Å²) in [6, 6.07) is 11.2. The lowest BCUT2D eigenvalue weighted by Gasteiger charge is -2.13. The second-order valence-corrected chi connectivity index (χ2v) is 6.67. The Bertz CT molecular complexity index is 802. The Balaban J connectivity index is 2.34. The van der Waals surface area contributed by atoms with Crippen molar-refractivity contribution in [3.8, 4) is 5.75 Å². The molecule has 0 saturated carbocycles. The van der Waals surface area contributed by atoms with Gasteiger partial charge in [-0.3, -0.25) is 0 Å². The maximum atomic E-state index is 11.6. The molecule has 0 aliphatic heterocycles. The molecule has 25 heavy (non-hydrogen) atoms. The summed E-state index contributed by atoms with van der Waals surface area (Å²) in [4.78, 5) is 12.5. The van der Waals surface area contributed by atoms with E-state index in [9.17, 15) is 9.90 Å². The zero-order chi connectivity index (χ0) is 18.4. The minimum atomic E-state index is -1.03. The van der Waals surface area contributed by atoms with Crippen molar-refractivity contribution >= 4 is 34.9 Å². The first kappa shape index (κ1) is 19.2. The lowest BCUT2D eigenvalue weighted by atomic mass is 10.0. The molecular formula is C19H19ClO4S. The highest BCUT2D eigenvalue weighted by Crippen LogP contribution is 2.35. The molecule has 0 aromatic heterocycles. The van der Waals surface area contributed by atoms with Gasteiger partial charge in [0, 0.05) is 16.2 Å². The number of thioether (sulfide) groups is 1. The second kappa shape index (κ2) is 8.83. The van der Waals surface area contributed by atoms with E-state index in [2.05, 4.69) is 0 Å². The van der Waals surface area contributed by atoms with E-state index in [1.165, 1.54) is 13.4 Å². The summed E-state index contributed by atoms with van der Waals surface area (Å²) in [6.07, 6.45) is 1.26. The fourth-order valence-electron chi connectivity index (χ4n) is 2.35. The average molecular weight is 379 g/mol. The lowest BCUT2D eigenvalue weighted by molar-refractivity contribution is -0.130. The van der Waals surface area contributed by atoms with E-state index in [4.69, 9.17) is 21.1 Å². The Hall–Kier alpha value is -2.11. The third-order valence-electron chi connectivity index (χ3n) is 3.57. The zero-order valence-electron chi connectivity index (χ0n) is 14.2. The van der Waals surface area contributed by atoms with Crippen LogP contribution in [0.2, 0.25) is 5.02 Å². The number of carboxylic acids is 1. The molecule has 0 fully saturated rings. The molecule has 0 bridgehead atoms. The van der Waals surface area contributed by atoms with Crippen LogP contribution < -0.4 is 4.74 Å². The van der Waals surface area contributed by atoms with Gasteiger partial charge >= 0.3 is 5.97 Å². The molecule has 0 aliphatic rings. The fourth-order valence-corrected chi connectivity index (χ4v) is 3.67. The Morgan fingerprint density at radius 3 is 2.68 bits per heavy atom. The predicted octanol–water partition coefficient (Wildman–Crippen LogP) is 5.02. The third kappa shape index (κ3) is 4.71. The number of carbonyl (C=O) groups is 1. The molecule has 0 amide bonds. The minimum Gasteiger partial charge on any atom is -0.503 e. The molecule has 1 N–H and O–H groups in total. The minimum absolute atomic E-state index is 0.127. The Labute approximate surface area is 156 Å². The number of ether oxygens (including phenoxy) is 2. The molecule has 4 nitrogen and oxygen atoms in total. The van der Waals surface area contributed by atoms with Crippen LogP contribution in [-0.4, -0.2) is 25.3 Å². The second-order valence-electron chi connectivity index (χ2n) is 5.28. The van der Waals surface area contributed by atoms with Crippen molar-refractivity contribution in [1.29, 1.82) is 0 Å². The summed E-state index contributed by atoms with van der Waals surface area (Å²) < 4.78 is 10.2. The molecule has 2 aromatic carbocycles. The van der Waals surface area contributed by atoms with Crippen LogP contribution in [0.15, 0.2) is 47.6 Å². The van der Waals surface area contributed by atoms with Crippen LogP contribution in [0.3, 0.4) is 0 Å². The summed E-state index contributed by atoms with van der Waals surface area (Å²) in [5.74, 6) is 0.253. The van der Waals surface area contributed by atoms with Crippen LogP contribution in [0.5, 0.6) is 5.75 Å². The van der Waals surface area contributed by atoms with Crippen LogP contribution in [0.4, 0.5) is 0 Å². The zero-order valence-corrected chi connectivity index (χ0v) is 15.8. The van der Waals surface area contributed by atoms with Gasteiger partial charge in [0.15, 0.2) is 0 Å². The van der Waals surface area contributed by atoms with Crippen LogP contribution in [0, 0.1) is 6.92 Å². The molecule has 6 heteroatoms. The largest absolute Gasteiger partial charge is 0.503 e. The van der Waals surface area contributed by atoms with Gasteiger partial charge in [-0.15, -0.1) is 11.8 Å². The molecule has 0 atom stereocenters. The summed E-state index contributed by atoms with van der Waals surface area (Å²) in [5, 5.41) is 10.0. The number of carboxylic acid groups (broad SMARTS) is 1. The van der Waals surface area contributed by atoms with Gasteiger partial charge in [0.2, 0.25) is 0 Å². The number of aliphatic carboxylic acids is 1.